The van der Waals surface area contributed by atoms with Gasteiger partial charge < -0.3 is 0 Å². The molecule has 1 nitrogen and oxygen atoms in total. The van der Waals surface area contributed by atoms with E-state index in [1.54, 1.807) is 12.1 Å². The first-order chi connectivity index (χ1) is 9.33. The van der Waals surface area contributed by atoms with Crippen molar-refractivity contribution < 1.29 is 4.39 Å². The van der Waals surface area contributed by atoms with Gasteiger partial charge in [-0.1, -0.05) is 12.1 Å². The van der Waals surface area contributed by atoms with E-state index in [-0.39, 0.29) is 5.82 Å². The van der Waals surface area contributed by atoms with Crippen LogP contribution >= 0.6 is 23.5 Å². The number of likely N-dealkylation sites (tertiary alicyclic amines) is 1. The van der Waals surface area contributed by atoms with Crippen LogP contribution in [0.5, 0.6) is 0 Å². The quantitative estimate of drug-likeness (QED) is 0.823. The van der Waals surface area contributed by atoms with Gasteiger partial charge in [0.15, 0.2) is 0 Å². The molecule has 0 bridgehead atoms. The third-order valence-corrected chi connectivity index (χ3v) is 6.55. The Labute approximate surface area is 123 Å². The maximum absolute atomic E-state index is 13.0. The highest BCUT2D eigenvalue weighted by Gasteiger charge is 2.29. The van der Waals surface area contributed by atoms with Gasteiger partial charge in [-0.2, -0.15) is 23.5 Å². The average Bonchev–Trinajstić information content (AvgIpc) is 2.76. The van der Waals surface area contributed by atoms with Gasteiger partial charge in [-0.15, -0.1) is 0 Å². The Hall–Kier alpha value is -0.190. The lowest BCUT2D eigenvalue weighted by atomic mass is 9.98. The third-order valence-electron chi connectivity index (χ3n) is 4.07. The molecule has 1 aromatic rings. The zero-order valence-electron chi connectivity index (χ0n) is 11.1. The molecule has 19 heavy (non-hydrogen) atoms. The summed E-state index contributed by atoms with van der Waals surface area (Å²) in [7, 11) is 0. The normalized spacial score (nSPS) is 26.5. The Morgan fingerprint density at radius 3 is 2.42 bits per heavy atom. The molecular weight excluding hydrogens is 277 g/mol. The van der Waals surface area contributed by atoms with Crippen molar-refractivity contribution in [3.8, 4) is 0 Å². The molecule has 2 fully saturated rings. The Balaban J connectivity index is 1.61. The van der Waals surface area contributed by atoms with Crippen molar-refractivity contribution in [3.63, 3.8) is 0 Å². The molecule has 3 rings (SSSR count). The monoisotopic (exact) mass is 297 g/mol. The maximum Gasteiger partial charge on any atom is 0.123 e. The van der Waals surface area contributed by atoms with Crippen molar-refractivity contribution in [2.24, 2.45) is 0 Å². The van der Waals surface area contributed by atoms with Gasteiger partial charge in [0.25, 0.3) is 0 Å². The van der Waals surface area contributed by atoms with Crippen LogP contribution in [0.25, 0.3) is 0 Å². The highest BCUT2D eigenvalue weighted by molar-refractivity contribution is 8.03. The highest BCUT2D eigenvalue weighted by atomic mass is 32.2. The molecular formula is C15H20FNS2. The van der Waals surface area contributed by atoms with Crippen molar-refractivity contribution >= 4 is 23.5 Å². The lowest BCUT2D eigenvalue weighted by Gasteiger charge is -2.26. The Bertz CT molecular complexity index is 401. The molecule has 1 atom stereocenters. The van der Waals surface area contributed by atoms with Gasteiger partial charge in [-0.05, 0) is 36.6 Å². The summed E-state index contributed by atoms with van der Waals surface area (Å²) in [5, 5.41) is 0. The van der Waals surface area contributed by atoms with Crippen molar-refractivity contribution in [1.29, 1.82) is 0 Å². The maximum atomic E-state index is 13.0. The number of benzene rings is 1. The Kier molecular flexibility index (Phi) is 4.72. The molecule has 0 radical (unpaired) electrons. The largest absolute Gasteiger partial charge is 0.298 e. The summed E-state index contributed by atoms with van der Waals surface area (Å²) in [4.78, 5) is 2.65. The van der Waals surface area contributed by atoms with Gasteiger partial charge in [0.2, 0.25) is 0 Å². The van der Waals surface area contributed by atoms with E-state index in [9.17, 15) is 4.39 Å². The van der Waals surface area contributed by atoms with Crippen molar-refractivity contribution in [3.05, 3.63) is 35.6 Å². The minimum absolute atomic E-state index is 0.129. The number of thioether (sulfide) groups is 2. The second kappa shape index (κ2) is 6.51. The first-order valence-electron chi connectivity index (χ1n) is 6.98. The van der Waals surface area contributed by atoms with E-state index >= 15 is 0 Å². The van der Waals surface area contributed by atoms with E-state index in [1.807, 2.05) is 12.1 Å². The van der Waals surface area contributed by atoms with Crippen molar-refractivity contribution in [1.82, 2.24) is 4.90 Å². The summed E-state index contributed by atoms with van der Waals surface area (Å²) < 4.78 is 13.0. The van der Waals surface area contributed by atoms with Crippen LogP contribution in [0, 0.1) is 5.82 Å². The van der Waals surface area contributed by atoms with Gasteiger partial charge >= 0.3 is 0 Å². The van der Waals surface area contributed by atoms with Gasteiger partial charge in [0.05, 0.1) is 0 Å². The molecule has 1 aromatic carbocycles. The lowest BCUT2D eigenvalue weighted by molar-refractivity contribution is 0.280. The molecule has 2 aliphatic heterocycles. The van der Waals surface area contributed by atoms with Crippen LogP contribution in [-0.4, -0.2) is 47.0 Å². The van der Waals surface area contributed by atoms with Crippen LogP contribution in [-0.2, 0) is 0 Å². The smallest absolute Gasteiger partial charge is 0.123 e. The summed E-state index contributed by atoms with van der Waals surface area (Å²) in [6.45, 7) is 2.35. The van der Waals surface area contributed by atoms with E-state index in [4.69, 9.17) is 0 Å². The van der Waals surface area contributed by atoms with E-state index in [1.165, 1.54) is 41.5 Å². The van der Waals surface area contributed by atoms with Crippen LogP contribution < -0.4 is 0 Å². The Morgan fingerprint density at radius 2 is 1.74 bits per heavy atom. The van der Waals surface area contributed by atoms with Gasteiger partial charge in [0.1, 0.15) is 5.82 Å². The van der Waals surface area contributed by atoms with Gasteiger partial charge in [0, 0.05) is 35.6 Å². The molecule has 104 valence electrons. The molecule has 4 heteroatoms. The molecule has 2 saturated heterocycles. The van der Waals surface area contributed by atoms with E-state index < -0.39 is 0 Å². The average molecular weight is 297 g/mol. The molecule has 0 N–H and O–H groups in total. The minimum Gasteiger partial charge on any atom is -0.298 e. The first-order valence-corrected chi connectivity index (χ1v) is 9.29. The standard InChI is InChI=1S/C15H20FNS2/c16-14-3-1-12(2-4-14)13-5-6-17(9-13)15-10-18-7-8-19-11-15/h1-4,13,15H,5-11H2/t13-/m1/s1. The molecule has 0 aromatic heterocycles. The molecule has 0 amide bonds. The van der Waals surface area contributed by atoms with Crippen LogP contribution in [0.1, 0.15) is 17.9 Å². The SMILES string of the molecule is Fc1ccc([C@@H]2CCN(C3CSCCSC3)C2)cc1. The topological polar surface area (TPSA) is 3.24 Å². The minimum atomic E-state index is -0.129. The fraction of sp³-hybridized carbons (Fsp3) is 0.600. The molecule has 0 unspecified atom stereocenters. The second-order valence-corrected chi connectivity index (χ2v) is 7.64. The summed E-state index contributed by atoms with van der Waals surface area (Å²) in [5.41, 5.74) is 1.30. The first kappa shape index (κ1) is 13.8. The highest BCUT2D eigenvalue weighted by Crippen LogP contribution is 2.31. The molecule has 2 heterocycles. The van der Waals surface area contributed by atoms with Crippen molar-refractivity contribution in [2.45, 2.75) is 18.4 Å². The number of hydrogen-bond acceptors (Lipinski definition) is 3. The third kappa shape index (κ3) is 3.47. The van der Waals surface area contributed by atoms with Crippen LogP contribution in [0.4, 0.5) is 4.39 Å². The van der Waals surface area contributed by atoms with E-state index in [0.717, 1.165) is 12.6 Å². The Morgan fingerprint density at radius 1 is 1.05 bits per heavy atom. The fourth-order valence-corrected chi connectivity index (χ4v) is 5.57. The molecule has 0 spiro atoms. The predicted molar refractivity (Wildman–Crippen MR) is 83.8 cm³/mol. The fourth-order valence-electron chi connectivity index (χ4n) is 2.94. The van der Waals surface area contributed by atoms with Crippen LogP contribution in [0.2, 0.25) is 0 Å². The van der Waals surface area contributed by atoms with E-state index in [2.05, 4.69) is 28.4 Å². The predicted octanol–water partition coefficient (Wildman–Crippen LogP) is 3.46. The summed E-state index contributed by atoms with van der Waals surface area (Å²) in [6.07, 6.45) is 1.22. The zero-order valence-corrected chi connectivity index (χ0v) is 12.7. The summed E-state index contributed by atoms with van der Waals surface area (Å²) >= 11 is 4.20. The number of nitrogens with zero attached hydrogens (tertiary/aromatic N) is 1. The van der Waals surface area contributed by atoms with Crippen molar-refractivity contribution in [2.75, 3.05) is 36.1 Å². The van der Waals surface area contributed by atoms with Gasteiger partial charge in [-0.3, -0.25) is 4.90 Å². The van der Waals surface area contributed by atoms with Gasteiger partial charge in [-0.25, -0.2) is 4.39 Å². The van der Waals surface area contributed by atoms with Crippen LogP contribution in [0.15, 0.2) is 24.3 Å². The summed E-state index contributed by atoms with van der Waals surface area (Å²) in [5.74, 6) is 5.63. The number of hydrogen-bond donors (Lipinski definition) is 0. The number of halogens is 1. The zero-order chi connectivity index (χ0) is 13.1. The molecule has 2 aliphatic rings. The van der Waals surface area contributed by atoms with E-state index in [0.29, 0.717) is 5.92 Å². The molecule has 0 aliphatic carbocycles. The summed E-state index contributed by atoms with van der Waals surface area (Å²) in [6, 6.07) is 7.84. The second-order valence-electron chi connectivity index (χ2n) is 5.34. The molecule has 0 saturated carbocycles. The lowest BCUT2D eigenvalue weighted by Crippen LogP contribution is -2.36. The number of rotatable bonds is 2. The van der Waals surface area contributed by atoms with Crippen LogP contribution in [0.3, 0.4) is 0 Å².